The van der Waals surface area contributed by atoms with Gasteiger partial charge in [0.1, 0.15) is 27.2 Å². The molecule has 0 spiro atoms. The molecule has 0 radical (unpaired) electrons. The number of amides is 1. The minimum absolute atomic E-state index is 0.103. The topological polar surface area (TPSA) is 115 Å². The van der Waals surface area contributed by atoms with E-state index in [1.54, 1.807) is 36.4 Å². The van der Waals surface area contributed by atoms with Crippen LogP contribution in [-0.4, -0.2) is 23.2 Å². The number of benzene rings is 2. The Morgan fingerprint density at radius 3 is 2.62 bits per heavy atom. The molecule has 2 aliphatic rings. The molecule has 1 aliphatic carbocycles. The normalized spacial score (nSPS) is 18.2. The lowest BCUT2D eigenvalue weighted by molar-refractivity contribution is -0.122. The number of nitrogens with zero attached hydrogens (tertiary/aromatic N) is 1. The molecule has 1 amide bonds. The van der Waals surface area contributed by atoms with Crippen LogP contribution in [0.15, 0.2) is 70.1 Å². The van der Waals surface area contributed by atoms with Crippen LogP contribution in [0.1, 0.15) is 67.9 Å². The summed E-state index contributed by atoms with van der Waals surface area (Å²) in [6.45, 7) is 1.85. The predicted octanol–water partition coefficient (Wildman–Crippen LogP) is 6.96. The van der Waals surface area contributed by atoms with Crippen molar-refractivity contribution < 1.29 is 18.8 Å². The number of fused-ring (bicyclic) bond motifs is 2. The molecular formula is C30H24ClN3O4S. The lowest BCUT2D eigenvalue weighted by Gasteiger charge is -2.33. The molecule has 0 saturated heterocycles. The number of Topliss-reactive ketones (excluding diaryl/α,β-unsaturated/α-hetero) is 1. The predicted molar refractivity (Wildman–Crippen MR) is 153 cm³/mol. The molecule has 3 heterocycles. The van der Waals surface area contributed by atoms with Crippen molar-refractivity contribution in [2.45, 2.75) is 32.1 Å². The van der Waals surface area contributed by atoms with Gasteiger partial charge in [-0.25, -0.2) is 4.99 Å². The van der Waals surface area contributed by atoms with Crippen LogP contribution in [0.2, 0.25) is 5.02 Å². The molecule has 9 heteroatoms. The van der Waals surface area contributed by atoms with E-state index in [1.807, 2.05) is 25.1 Å². The lowest BCUT2D eigenvalue weighted by Crippen LogP contribution is -2.36. The number of aliphatic imine (C=N–C) groups is 1. The molecule has 2 aromatic carbocycles. The molecular weight excluding hydrogens is 534 g/mol. The molecule has 1 saturated carbocycles. The number of carbonyl (C=O) groups excluding carboxylic acids is 3. The highest BCUT2D eigenvalue weighted by Gasteiger charge is 2.44. The molecule has 1 fully saturated rings. The first kappa shape index (κ1) is 25.3. The molecule has 2 aromatic heterocycles. The van der Waals surface area contributed by atoms with E-state index in [0.717, 1.165) is 17.9 Å². The van der Waals surface area contributed by atoms with Gasteiger partial charge in [0.2, 0.25) is 0 Å². The van der Waals surface area contributed by atoms with Crippen LogP contribution < -0.4 is 11.1 Å². The van der Waals surface area contributed by atoms with E-state index in [-0.39, 0.29) is 27.7 Å². The van der Waals surface area contributed by atoms with Crippen molar-refractivity contribution in [3.05, 3.63) is 98.8 Å². The molecule has 2 atom stereocenters. The number of halogens is 1. The molecule has 39 heavy (non-hydrogen) atoms. The number of aryl methyl sites for hydroxylation is 1. The number of carbonyl (C=O) groups is 3. The third-order valence-corrected chi connectivity index (χ3v) is 8.55. The number of nitrogens with one attached hydrogen (secondary N) is 1. The number of rotatable bonds is 5. The molecule has 1 aliphatic heterocycles. The van der Waals surface area contributed by atoms with Crippen LogP contribution in [0.25, 0.3) is 0 Å². The van der Waals surface area contributed by atoms with Gasteiger partial charge in [0, 0.05) is 33.8 Å². The zero-order chi connectivity index (χ0) is 27.3. The monoisotopic (exact) mass is 557 g/mol. The molecule has 0 unspecified atom stereocenters. The van der Waals surface area contributed by atoms with Gasteiger partial charge in [-0.15, -0.1) is 11.3 Å². The number of thiophene rings is 1. The summed E-state index contributed by atoms with van der Waals surface area (Å²) in [6.07, 6.45) is 1.93. The van der Waals surface area contributed by atoms with E-state index in [9.17, 15) is 14.4 Å². The highest BCUT2D eigenvalue weighted by atomic mass is 35.5. The van der Waals surface area contributed by atoms with Crippen LogP contribution in [0, 0.1) is 12.8 Å². The van der Waals surface area contributed by atoms with Crippen LogP contribution in [0.5, 0.6) is 0 Å². The van der Waals surface area contributed by atoms with E-state index >= 15 is 0 Å². The van der Waals surface area contributed by atoms with Crippen LogP contribution in [-0.2, 0) is 4.79 Å². The SMILES string of the molecule is Cc1ccc([C@H]2c3c(sc(C(=O)Nc4ccc(Cl)cc4C(=O)c4ccccc4)c3N)N=C3CCCC(=O)[C@@H]32)o1. The van der Waals surface area contributed by atoms with Gasteiger partial charge in [0.05, 0.1) is 23.2 Å². The summed E-state index contributed by atoms with van der Waals surface area (Å²) in [4.78, 5) is 45.0. The minimum Gasteiger partial charge on any atom is -0.466 e. The quantitative estimate of drug-likeness (QED) is 0.257. The van der Waals surface area contributed by atoms with Gasteiger partial charge in [-0.3, -0.25) is 14.4 Å². The molecule has 0 bridgehead atoms. The fourth-order valence-corrected chi connectivity index (χ4v) is 6.64. The Morgan fingerprint density at radius 1 is 1.08 bits per heavy atom. The molecule has 196 valence electrons. The molecule has 3 N–H and O–H groups in total. The van der Waals surface area contributed by atoms with Crippen molar-refractivity contribution >= 4 is 62.5 Å². The van der Waals surface area contributed by atoms with Crippen LogP contribution >= 0.6 is 22.9 Å². The maximum atomic E-state index is 13.6. The van der Waals surface area contributed by atoms with Crippen molar-refractivity contribution in [2.75, 3.05) is 11.1 Å². The second-order valence-corrected chi connectivity index (χ2v) is 11.2. The Bertz CT molecular complexity index is 1670. The van der Waals surface area contributed by atoms with Crippen molar-refractivity contribution in [2.24, 2.45) is 10.9 Å². The van der Waals surface area contributed by atoms with Gasteiger partial charge in [0.25, 0.3) is 5.91 Å². The fourth-order valence-electron chi connectivity index (χ4n) is 5.40. The van der Waals surface area contributed by atoms with E-state index < -0.39 is 17.7 Å². The standard InChI is InChI=1S/C30H24ClN3O4S/c1-15-10-13-22(38-15)24-23-20(8-5-9-21(23)35)34-30-25(24)26(32)28(39-30)29(37)33-19-12-11-17(31)14-18(19)27(36)16-6-3-2-4-7-16/h2-4,6-7,10-14,23-24H,5,8-9,32H2,1H3,(H,33,37)/t23-,24-/m1/s1. The summed E-state index contributed by atoms with van der Waals surface area (Å²) in [5.41, 5.74) is 9.40. The number of hydrogen-bond donors (Lipinski definition) is 2. The van der Waals surface area contributed by atoms with Gasteiger partial charge >= 0.3 is 0 Å². The van der Waals surface area contributed by atoms with E-state index in [4.69, 9.17) is 26.7 Å². The number of nitrogens with two attached hydrogens (primary N) is 1. The second kappa shape index (κ2) is 9.94. The van der Waals surface area contributed by atoms with Crippen molar-refractivity contribution in [1.82, 2.24) is 0 Å². The first-order valence-electron chi connectivity index (χ1n) is 12.6. The number of hydrogen-bond acceptors (Lipinski definition) is 7. The van der Waals surface area contributed by atoms with Gasteiger partial charge in [-0.2, -0.15) is 0 Å². The summed E-state index contributed by atoms with van der Waals surface area (Å²) >= 11 is 7.39. The van der Waals surface area contributed by atoms with Crippen molar-refractivity contribution in [3.8, 4) is 0 Å². The van der Waals surface area contributed by atoms with Crippen molar-refractivity contribution in [3.63, 3.8) is 0 Å². The summed E-state index contributed by atoms with van der Waals surface area (Å²) in [5, 5.41) is 3.84. The first-order chi connectivity index (χ1) is 18.8. The molecule has 4 aromatic rings. The summed E-state index contributed by atoms with van der Waals surface area (Å²) in [7, 11) is 0. The number of furan rings is 1. The number of ketones is 2. The fraction of sp³-hybridized carbons (Fsp3) is 0.200. The molecule has 7 nitrogen and oxygen atoms in total. The zero-order valence-electron chi connectivity index (χ0n) is 21.0. The van der Waals surface area contributed by atoms with Gasteiger partial charge < -0.3 is 15.5 Å². The summed E-state index contributed by atoms with van der Waals surface area (Å²) in [5.74, 6) is -0.190. The molecule has 6 rings (SSSR count). The Kier molecular flexibility index (Phi) is 6.45. The Hall–Kier alpha value is -4.01. The minimum atomic E-state index is -0.472. The number of nitrogen functional groups attached to an aromatic ring is 1. The van der Waals surface area contributed by atoms with Gasteiger partial charge in [-0.1, -0.05) is 41.9 Å². The Balaban J connectivity index is 1.39. The van der Waals surface area contributed by atoms with E-state index in [0.29, 0.717) is 45.4 Å². The second-order valence-electron chi connectivity index (χ2n) is 9.73. The highest BCUT2D eigenvalue weighted by molar-refractivity contribution is 7.18. The summed E-state index contributed by atoms with van der Waals surface area (Å²) < 4.78 is 5.98. The average Bonchev–Trinajstić information content (AvgIpc) is 3.51. The maximum Gasteiger partial charge on any atom is 0.267 e. The lowest BCUT2D eigenvalue weighted by atomic mass is 9.72. The number of anilines is 2. The maximum absolute atomic E-state index is 13.6. The van der Waals surface area contributed by atoms with Crippen LogP contribution in [0.4, 0.5) is 16.4 Å². The zero-order valence-corrected chi connectivity index (χ0v) is 22.6. The van der Waals surface area contributed by atoms with E-state index in [1.165, 1.54) is 17.4 Å². The largest absolute Gasteiger partial charge is 0.466 e. The van der Waals surface area contributed by atoms with Gasteiger partial charge in [-0.05, 0) is 50.1 Å². The van der Waals surface area contributed by atoms with E-state index in [2.05, 4.69) is 5.32 Å². The first-order valence-corrected chi connectivity index (χ1v) is 13.8. The summed E-state index contributed by atoms with van der Waals surface area (Å²) in [6, 6.07) is 17.2. The smallest absolute Gasteiger partial charge is 0.267 e. The highest BCUT2D eigenvalue weighted by Crippen LogP contribution is 2.53. The Morgan fingerprint density at radius 2 is 1.87 bits per heavy atom. The van der Waals surface area contributed by atoms with Gasteiger partial charge in [0.15, 0.2) is 5.78 Å². The third kappa shape index (κ3) is 4.49. The third-order valence-electron chi connectivity index (χ3n) is 7.20. The average molecular weight is 558 g/mol. The Labute approximate surface area is 233 Å². The van der Waals surface area contributed by atoms with Crippen LogP contribution in [0.3, 0.4) is 0 Å². The van der Waals surface area contributed by atoms with Crippen molar-refractivity contribution in [1.29, 1.82) is 0 Å².